The van der Waals surface area contributed by atoms with Gasteiger partial charge in [-0.05, 0) is 107 Å². The van der Waals surface area contributed by atoms with Crippen LogP contribution in [0.4, 0.5) is 0 Å². The van der Waals surface area contributed by atoms with Crippen molar-refractivity contribution in [3.63, 3.8) is 0 Å². The van der Waals surface area contributed by atoms with Crippen LogP contribution in [0.15, 0.2) is 237 Å². The van der Waals surface area contributed by atoms with Crippen molar-refractivity contribution in [3.05, 3.63) is 276 Å². The number of hydrogen-bond acceptors (Lipinski definition) is 1. The summed E-state index contributed by atoms with van der Waals surface area (Å²) in [6.07, 6.45) is 4.79. The van der Waals surface area contributed by atoms with Gasteiger partial charge in [-0.3, -0.25) is 0 Å². The van der Waals surface area contributed by atoms with Gasteiger partial charge in [-0.25, -0.2) is 0 Å². The lowest BCUT2D eigenvalue weighted by Crippen LogP contribution is -2.29. The minimum absolute atomic E-state index is 0.136. The molecule has 1 aliphatic carbocycles. The van der Waals surface area contributed by atoms with E-state index >= 15 is 0 Å². The van der Waals surface area contributed by atoms with Gasteiger partial charge in [0.2, 0.25) is 0 Å². The Morgan fingerprint density at radius 3 is 1.47 bits per heavy atom. The van der Waals surface area contributed by atoms with E-state index in [4.69, 9.17) is 0 Å². The number of hydrogen-bond donors (Lipinski definition) is 1. The predicted molar refractivity (Wildman–Crippen MR) is 247 cm³/mol. The first-order chi connectivity index (χ1) is 29.3. The summed E-state index contributed by atoms with van der Waals surface area (Å²) in [5.74, 6) is 0. The number of allylic oxidation sites excluding steroid dienone is 2. The molecule has 1 atom stereocenters. The van der Waals surface area contributed by atoms with Crippen molar-refractivity contribution in [3.8, 4) is 33.4 Å². The fourth-order valence-electron chi connectivity index (χ4n) is 9.72. The summed E-state index contributed by atoms with van der Waals surface area (Å²) in [6.45, 7) is 0. The lowest BCUT2D eigenvalue weighted by Gasteiger charge is -2.34. The Balaban J connectivity index is 1.15. The summed E-state index contributed by atoms with van der Waals surface area (Å²) in [7, 11) is 0. The average molecular weight is 752 g/mol. The maximum atomic E-state index is 4.13. The molecular formula is C58H41N. The molecule has 1 heterocycles. The van der Waals surface area contributed by atoms with Crippen LogP contribution in [0.1, 0.15) is 45.0 Å². The molecule has 9 aromatic carbocycles. The van der Waals surface area contributed by atoms with Crippen molar-refractivity contribution in [1.29, 1.82) is 0 Å². The van der Waals surface area contributed by atoms with Gasteiger partial charge in [-0.1, -0.05) is 218 Å². The molecule has 2 aliphatic rings. The van der Waals surface area contributed by atoms with Crippen LogP contribution in [-0.4, -0.2) is 0 Å². The summed E-state index contributed by atoms with van der Waals surface area (Å²) in [6, 6.07) is 82.0. The molecule has 0 saturated heterocycles. The van der Waals surface area contributed by atoms with Gasteiger partial charge in [-0.2, -0.15) is 0 Å². The molecule has 0 fully saturated rings. The number of benzene rings is 9. The molecule has 0 amide bonds. The second kappa shape index (κ2) is 14.5. The standard InChI is InChI=1S/C58H41N/c1-5-17-40(18-6-1)42-29-31-44(32-30-42)47-38-54(45-35-33-43(34-36-45)41-19-7-2-8-20-41)59-55(39-47)57-50-26-14-13-21-46(50)37-53-56(57)51-27-15-16-28-52(51)58(53,48-22-9-3-10-23-48)49-24-11-4-12-25-49/h1-39,55,59H. The third-order valence-electron chi connectivity index (χ3n) is 12.4. The number of fused-ring (bicyclic) bond motifs is 4. The Bertz CT molecular complexity index is 2980. The van der Waals surface area contributed by atoms with Crippen LogP contribution in [0.3, 0.4) is 0 Å². The van der Waals surface area contributed by atoms with Crippen molar-refractivity contribution in [1.82, 2.24) is 5.32 Å². The van der Waals surface area contributed by atoms with Crippen LogP contribution in [0.2, 0.25) is 0 Å². The Kier molecular flexibility index (Phi) is 8.52. The second-order valence-corrected chi connectivity index (χ2v) is 15.7. The van der Waals surface area contributed by atoms with Crippen LogP contribution >= 0.6 is 0 Å². The van der Waals surface area contributed by atoms with E-state index in [0.717, 1.165) is 11.3 Å². The minimum Gasteiger partial charge on any atom is -0.374 e. The Labute approximate surface area is 346 Å². The van der Waals surface area contributed by atoms with Crippen molar-refractivity contribution >= 4 is 22.0 Å². The third kappa shape index (κ3) is 5.86. The monoisotopic (exact) mass is 751 g/mol. The molecule has 0 aromatic heterocycles. The topological polar surface area (TPSA) is 12.0 Å². The molecule has 11 rings (SSSR count). The van der Waals surface area contributed by atoms with E-state index in [2.05, 4.69) is 242 Å². The van der Waals surface area contributed by atoms with E-state index in [0.29, 0.717) is 0 Å². The van der Waals surface area contributed by atoms with Crippen molar-refractivity contribution < 1.29 is 0 Å². The first-order valence-corrected chi connectivity index (χ1v) is 20.5. The van der Waals surface area contributed by atoms with Crippen molar-refractivity contribution in [2.45, 2.75) is 11.5 Å². The molecule has 59 heavy (non-hydrogen) atoms. The molecule has 1 unspecified atom stereocenters. The molecule has 1 aliphatic heterocycles. The SMILES string of the molecule is C1=C(c2ccc(-c3ccccc3)cc2)C=C(c2ccc(-c3ccccc3)cc2)NC1c1c2c(cc3ccccc13)C(c1ccccc1)(c1ccccc1)c1ccccc1-2. The summed E-state index contributed by atoms with van der Waals surface area (Å²) in [4.78, 5) is 0. The molecule has 1 nitrogen and oxygen atoms in total. The maximum absolute atomic E-state index is 4.13. The van der Waals surface area contributed by atoms with Gasteiger partial charge in [0.25, 0.3) is 0 Å². The molecule has 0 spiro atoms. The van der Waals surface area contributed by atoms with E-state index in [1.165, 1.54) is 83.1 Å². The zero-order chi connectivity index (χ0) is 39.2. The fraction of sp³-hybridized carbons (Fsp3) is 0.0345. The quantitative estimate of drug-likeness (QED) is 0.171. The second-order valence-electron chi connectivity index (χ2n) is 15.7. The first kappa shape index (κ1) is 34.7. The van der Waals surface area contributed by atoms with Crippen LogP contribution in [0.25, 0.3) is 55.4 Å². The van der Waals surface area contributed by atoms with E-state index < -0.39 is 5.41 Å². The van der Waals surface area contributed by atoms with Gasteiger partial charge >= 0.3 is 0 Å². The summed E-state index contributed by atoms with van der Waals surface area (Å²) >= 11 is 0. The smallest absolute Gasteiger partial charge is 0.0719 e. The molecule has 278 valence electrons. The predicted octanol–water partition coefficient (Wildman–Crippen LogP) is 14.3. The number of rotatable bonds is 7. The zero-order valence-electron chi connectivity index (χ0n) is 32.6. The van der Waals surface area contributed by atoms with Gasteiger partial charge in [0.05, 0.1) is 11.5 Å². The molecule has 9 aromatic rings. The fourth-order valence-corrected chi connectivity index (χ4v) is 9.72. The van der Waals surface area contributed by atoms with Crippen LogP contribution in [-0.2, 0) is 5.41 Å². The van der Waals surface area contributed by atoms with E-state index in [-0.39, 0.29) is 6.04 Å². The Morgan fingerprint density at radius 1 is 0.390 bits per heavy atom. The minimum atomic E-state index is -0.506. The van der Waals surface area contributed by atoms with Crippen LogP contribution in [0.5, 0.6) is 0 Å². The highest BCUT2D eigenvalue weighted by Gasteiger charge is 2.47. The molecular weight excluding hydrogens is 711 g/mol. The summed E-state index contributed by atoms with van der Waals surface area (Å²) < 4.78 is 0. The van der Waals surface area contributed by atoms with Crippen molar-refractivity contribution in [2.24, 2.45) is 0 Å². The molecule has 0 radical (unpaired) electrons. The Morgan fingerprint density at radius 2 is 0.864 bits per heavy atom. The highest BCUT2D eigenvalue weighted by Crippen LogP contribution is 2.59. The van der Waals surface area contributed by atoms with Gasteiger partial charge in [0.15, 0.2) is 0 Å². The van der Waals surface area contributed by atoms with Gasteiger partial charge in [0.1, 0.15) is 0 Å². The van der Waals surface area contributed by atoms with Gasteiger partial charge in [-0.15, -0.1) is 0 Å². The lowest BCUT2D eigenvalue weighted by molar-refractivity contribution is 0.757. The molecule has 0 saturated carbocycles. The molecule has 1 heteroatoms. The highest BCUT2D eigenvalue weighted by atomic mass is 14.9. The molecule has 0 bridgehead atoms. The number of nitrogens with one attached hydrogen (secondary N) is 1. The average Bonchev–Trinajstić information content (AvgIpc) is 3.62. The lowest BCUT2D eigenvalue weighted by atomic mass is 9.67. The third-order valence-corrected chi connectivity index (χ3v) is 12.4. The van der Waals surface area contributed by atoms with Gasteiger partial charge < -0.3 is 5.32 Å². The number of dihydropyridines is 1. The van der Waals surface area contributed by atoms with Crippen LogP contribution in [0, 0.1) is 0 Å². The normalized spacial score (nSPS) is 15.1. The van der Waals surface area contributed by atoms with Gasteiger partial charge in [0, 0.05) is 5.70 Å². The van der Waals surface area contributed by atoms with Crippen molar-refractivity contribution in [2.75, 3.05) is 0 Å². The van der Waals surface area contributed by atoms with Crippen LogP contribution < -0.4 is 5.32 Å². The largest absolute Gasteiger partial charge is 0.374 e. The van der Waals surface area contributed by atoms with E-state index in [1.54, 1.807) is 0 Å². The summed E-state index contributed by atoms with van der Waals surface area (Å²) in [5.41, 5.74) is 18.0. The highest BCUT2D eigenvalue weighted by molar-refractivity contribution is 6.01. The zero-order valence-corrected chi connectivity index (χ0v) is 32.6. The van der Waals surface area contributed by atoms with E-state index in [9.17, 15) is 0 Å². The maximum Gasteiger partial charge on any atom is 0.0719 e. The molecule has 1 N–H and O–H groups in total. The summed E-state index contributed by atoms with van der Waals surface area (Å²) in [5, 5.41) is 6.62. The first-order valence-electron chi connectivity index (χ1n) is 20.5. The van der Waals surface area contributed by atoms with E-state index in [1.807, 2.05) is 0 Å². The Hall–Kier alpha value is -7.48.